The predicted molar refractivity (Wildman–Crippen MR) is 120 cm³/mol. The lowest BCUT2D eigenvalue weighted by Crippen LogP contribution is -2.35. The Bertz CT molecular complexity index is 922. The van der Waals surface area contributed by atoms with Crippen molar-refractivity contribution in [3.8, 4) is 0 Å². The second kappa shape index (κ2) is 11.3. The summed E-state index contributed by atoms with van der Waals surface area (Å²) < 4.78 is 7.79. The highest BCUT2D eigenvalue weighted by molar-refractivity contribution is 7.98. The molecule has 0 saturated carbocycles. The first-order valence-corrected chi connectivity index (χ1v) is 11.2. The van der Waals surface area contributed by atoms with Gasteiger partial charge in [-0.25, -0.2) is 9.97 Å². The zero-order valence-corrected chi connectivity index (χ0v) is 17.9. The van der Waals surface area contributed by atoms with Crippen LogP contribution in [0, 0.1) is 5.92 Å². The monoisotopic (exact) mass is 431 g/mol. The van der Waals surface area contributed by atoms with Gasteiger partial charge in [0.05, 0.1) is 24.8 Å². The molecule has 0 fully saturated rings. The maximum absolute atomic E-state index is 9.99. The fourth-order valence-corrected chi connectivity index (χ4v) is 4.12. The van der Waals surface area contributed by atoms with Gasteiger partial charge in [-0.3, -0.25) is 0 Å². The lowest BCUT2D eigenvalue weighted by molar-refractivity contribution is 0.0549. The third-order valence-electron chi connectivity index (χ3n) is 4.93. The van der Waals surface area contributed by atoms with E-state index in [1.807, 2.05) is 47.4 Å². The van der Waals surface area contributed by atoms with Gasteiger partial charge in [-0.15, -0.1) is 0 Å². The highest BCUT2D eigenvalue weighted by atomic mass is 32.2. The molecule has 0 aliphatic rings. The van der Waals surface area contributed by atoms with Crippen LogP contribution < -0.4 is 11.1 Å². The van der Waals surface area contributed by atoms with E-state index >= 15 is 0 Å². The minimum atomic E-state index is -0.740. The van der Waals surface area contributed by atoms with Crippen molar-refractivity contribution in [2.24, 2.45) is 5.92 Å². The summed E-state index contributed by atoms with van der Waals surface area (Å²) in [6.45, 7) is 1.73. The molecule has 2 unspecified atom stereocenters. The Morgan fingerprint density at radius 1 is 1.27 bits per heavy atom. The van der Waals surface area contributed by atoms with Crippen molar-refractivity contribution in [2.45, 2.75) is 26.0 Å². The van der Waals surface area contributed by atoms with E-state index in [1.165, 1.54) is 6.33 Å². The van der Waals surface area contributed by atoms with Crippen LogP contribution in [0.25, 0.3) is 11.0 Å². The van der Waals surface area contributed by atoms with Crippen molar-refractivity contribution in [3.63, 3.8) is 0 Å². The zero-order valence-electron chi connectivity index (χ0n) is 17.1. The average molecular weight is 432 g/mol. The van der Waals surface area contributed by atoms with Gasteiger partial charge in [0.1, 0.15) is 18.6 Å². The van der Waals surface area contributed by atoms with Crippen LogP contribution in [0.2, 0.25) is 0 Å². The summed E-state index contributed by atoms with van der Waals surface area (Å²) in [6.07, 6.45) is 4.68. The highest BCUT2D eigenvalue weighted by Crippen LogP contribution is 2.23. The molecule has 0 saturated heterocycles. The van der Waals surface area contributed by atoms with Gasteiger partial charge in [0.25, 0.3) is 0 Å². The smallest absolute Gasteiger partial charge is 0.151 e. The van der Waals surface area contributed by atoms with Crippen molar-refractivity contribution in [2.75, 3.05) is 30.9 Å². The van der Waals surface area contributed by atoms with Crippen molar-refractivity contribution in [1.82, 2.24) is 19.9 Å². The van der Waals surface area contributed by atoms with Gasteiger partial charge in [0.15, 0.2) is 5.82 Å². The fourth-order valence-electron chi connectivity index (χ4n) is 3.35. The molecule has 0 radical (unpaired) electrons. The van der Waals surface area contributed by atoms with E-state index in [0.717, 1.165) is 27.9 Å². The Morgan fingerprint density at radius 2 is 2.07 bits per heavy atom. The number of hydrogen-bond acceptors (Lipinski definition) is 8. The van der Waals surface area contributed by atoms with E-state index in [2.05, 4.69) is 15.3 Å². The summed E-state index contributed by atoms with van der Waals surface area (Å²) in [5.41, 5.74) is 9.72. The Kier molecular flexibility index (Phi) is 8.47. The number of nitrogens with one attached hydrogen (secondary N) is 1. The van der Waals surface area contributed by atoms with Gasteiger partial charge in [-0.2, -0.15) is 11.8 Å². The number of hydrogen-bond donors (Lipinski definition) is 4. The van der Waals surface area contributed by atoms with E-state index < -0.39 is 6.10 Å². The molecule has 2 heterocycles. The number of nitrogen functional groups attached to an aromatic ring is 1. The van der Waals surface area contributed by atoms with Gasteiger partial charge in [-0.05, 0) is 17.6 Å². The molecule has 1 aromatic carbocycles. The summed E-state index contributed by atoms with van der Waals surface area (Å²) in [6, 6.07) is 9.98. The first kappa shape index (κ1) is 22.5. The SMILES string of the molecule is CSCC(CNCc1cn(COCc2ccccc2)c2c(N)ncnc12)C(O)CO. The summed E-state index contributed by atoms with van der Waals surface area (Å²) in [5, 5.41) is 22.6. The van der Waals surface area contributed by atoms with Crippen molar-refractivity contribution in [1.29, 1.82) is 0 Å². The van der Waals surface area contributed by atoms with Crippen LogP contribution in [-0.2, 0) is 24.6 Å². The number of thioether (sulfide) groups is 1. The maximum Gasteiger partial charge on any atom is 0.151 e. The number of fused-ring (bicyclic) bond motifs is 1. The minimum absolute atomic E-state index is 0.0350. The zero-order chi connectivity index (χ0) is 21.3. The first-order valence-electron chi connectivity index (χ1n) is 9.82. The normalized spacial score (nSPS) is 13.6. The van der Waals surface area contributed by atoms with Crippen LogP contribution in [0.1, 0.15) is 11.1 Å². The second-order valence-electron chi connectivity index (χ2n) is 7.14. The molecule has 0 aliphatic heterocycles. The summed E-state index contributed by atoms with van der Waals surface area (Å²) in [7, 11) is 0. The maximum atomic E-state index is 9.99. The number of nitrogens with zero attached hydrogens (tertiary/aromatic N) is 3. The molecule has 0 aliphatic carbocycles. The molecule has 162 valence electrons. The topological polar surface area (TPSA) is 118 Å². The molecule has 2 aromatic heterocycles. The van der Waals surface area contributed by atoms with Gasteiger partial charge in [0.2, 0.25) is 0 Å². The standard InChI is InChI=1S/C21H29N5O3S/c1-30-12-17(18(28)10-27)8-23-7-16-9-26(20-19(16)24-13-25-21(20)22)14-29-11-15-5-3-2-4-6-15/h2-6,9,13,17-18,23,27-28H,7-8,10-12,14H2,1H3,(H2,22,24,25). The second-order valence-corrected chi connectivity index (χ2v) is 8.05. The fraction of sp³-hybridized carbons (Fsp3) is 0.429. The molecule has 8 nitrogen and oxygen atoms in total. The van der Waals surface area contributed by atoms with Crippen LogP contribution in [0.5, 0.6) is 0 Å². The number of aromatic nitrogens is 3. The lowest BCUT2D eigenvalue weighted by Gasteiger charge is -2.20. The number of rotatable bonds is 12. The quantitative estimate of drug-likeness (QED) is 0.342. The Morgan fingerprint density at radius 3 is 2.80 bits per heavy atom. The molecule has 5 N–H and O–H groups in total. The van der Waals surface area contributed by atoms with Gasteiger partial charge >= 0.3 is 0 Å². The number of nitrogens with two attached hydrogens (primary N) is 1. The van der Waals surface area contributed by atoms with Gasteiger partial charge in [-0.1, -0.05) is 30.3 Å². The number of aliphatic hydroxyl groups excluding tert-OH is 2. The molecule has 0 spiro atoms. The molecular formula is C21H29N5O3S. The number of ether oxygens (including phenoxy) is 1. The van der Waals surface area contributed by atoms with Gasteiger partial charge in [0, 0.05) is 30.8 Å². The molecule has 9 heteroatoms. The third kappa shape index (κ3) is 5.71. The number of aliphatic hydroxyl groups is 2. The molecular weight excluding hydrogens is 402 g/mol. The molecule has 0 amide bonds. The summed E-state index contributed by atoms with van der Waals surface area (Å²) >= 11 is 1.65. The van der Waals surface area contributed by atoms with Gasteiger partial charge < -0.3 is 30.6 Å². The van der Waals surface area contributed by atoms with Crippen LogP contribution >= 0.6 is 11.8 Å². The van der Waals surface area contributed by atoms with Crippen molar-refractivity contribution >= 4 is 28.6 Å². The number of benzene rings is 1. The Labute approximate surface area is 180 Å². The van der Waals surface area contributed by atoms with Crippen LogP contribution in [-0.4, -0.2) is 56.0 Å². The summed E-state index contributed by atoms with van der Waals surface area (Å²) in [4.78, 5) is 8.53. The van der Waals surface area contributed by atoms with Crippen LogP contribution in [0.4, 0.5) is 5.82 Å². The van der Waals surface area contributed by atoms with Crippen molar-refractivity contribution in [3.05, 3.63) is 54.0 Å². The Hall–Kier alpha value is -2.17. The highest BCUT2D eigenvalue weighted by Gasteiger charge is 2.18. The third-order valence-corrected chi connectivity index (χ3v) is 5.69. The van der Waals surface area contributed by atoms with E-state index in [-0.39, 0.29) is 12.5 Å². The van der Waals surface area contributed by atoms with Crippen molar-refractivity contribution < 1.29 is 14.9 Å². The van der Waals surface area contributed by atoms with E-state index in [9.17, 15) is 10.2 Å². The molecule has 3 aromatic rings. The molecule has 2 atom stereocenters. The molecule has 0 bridgehead atoms. The van der Waals surface area contributed by atoms with Crippen LogP contribution in [0.15, 0.2) is 42.9 Å². The number of anilines is 1. The van der Waals surface area contributed by atoms with E-state index in [4.69, 9.17) is 10.5 Å². The largest absolute Gasteiger partial charge is 0.394 e. The first-order chi connectivity index (χ1) is 14.6. The predicted octanol–water partition coefficient (Wildman–Crippen LogP) is 1.61. The minimum Gasteiger partial charge on any atom is -0.394 e. The summed E-state index contributed by atoms with van der Waals surface area (Å²) in [5.74, 6) is 1.14. The van der Waals surface area contributed by atoms with E-state index in [0.29, 0.717) is 32.2 Å². The Balaban J connectivity index is 1.68. The van der Waals surface area contributed by atoms with Crippen LogP contribution in [0.3, 0.4) is 0 Å². The van der Waals surface area contributed by atoms with E-state index in [1.54, 1.807) is 11.8 Å². The lowest BCUT2D eigenvalue weighted by atomic mass is 10.1. The molecule has 30 heavy (non-hydrogen) atoms. The average Bonchev–Trinajstić information content (AvgIpc) is 3.12. The molecule has 3 rings (SSSR count).